The second-order valence-corrected chi connectivity index (χ2v) is 6.45. The molecule has 0 saturated heterocycles. The molecule has 5 nitrogen and oxygen atoms in total. The number of para-hydroxylation sites is 2. The average Bonchev–Trinajstić information content (AvgIpc) is 3.04. The van der Waals surface area contributed by atoms with E-state index < -0.39 is 0 Å². The number of anilines is 1. The highest BCUT2D eigenvalue weighted by atomic mass is 16.2. The van der Waals surface area contributed by atoms with Gasteiger partial charge >= 0.3 is 0 Å². The lowest BCUT2D eigenvalue weighted by atomic mass is 10.1. The van der Waals surface area contributed by atoms with Crippen LogP contribution in [0.2, 0.25) is 0 Å². The van der Waals surface area contributed by atoms with Gasteiger partial charge in [-0.25, -0.2) is 0 Å². The predicted molar refractivity (Wildman–Crippen MR) is 104 cm³/mol. The Labute approximate surface area is 152 Å². The number of benzene rings is 2. The van der Waals surface area contributed by atoms with Gasteiger partial charge in [0.25, 0.3) is 0 Å². The van der Waals surface area contributed by atoms with E-state index in [4.69, 9.17) is 0 Å². The number of hydrogen-bond donors (Lipinski definition) is 3. The van der Waals surface area contributed by atoms with Crippen molar-refractivity contribution < 1.29 is 9.59 Å². The van der Waals surface area contributed by atoms with Gasteiger partial charge in [-0.05, 0) is 43.0 Å². The van der Waals surface area contributed by atoms with Gasteiger partial charge in [0, 0.05) is 29.2 Å². The lowest BCUT2D eigenvalue weighted by Crippen LogP contribution is -2.33. The number of aryl methyl sites for hydroxylation is 3. The van der Waals surface area contributed by atoms with Gasteiger partial charge in [0.1, 0.15) is 0 Å². The minimum atomic E-state index is -0.220. The van der Waals surface area contributed by atoms with E-state index in [1.807, 2.05) is 62.5 Å². The Bertz CT molecular complexity index is 923. The van der Waals surface area contributed by atoms with Crippen LogP contribution in [-0.2, 0) is 16.0 Å². The standard InChI is InChI=1S/C21H23N3O2/c1-14-6-5-7-15(2)21(14)24-20(26)13-23-19(25)11-10-16-12-22-18-9-4-3-8-17(16)18/h3-9,12,22H,10-11,13H2,1-2H3,(H,23,25)(H,24,26). The molecule has 1 aromatic heterocycles. The third-order valence-electron chi connectivity index (χ3n) is 4.49. The maximum absolute atomic E-state index is 12.1. The van der Waals surface area contributed by atoms with Crippen LogP contribution in [0.5, 0.6) is 0 Å². The van der Waals surface area contributed by atoms with Gasteiger partial charge in [-0.1, -0.05) is 36.4 Å². The molecule has 0 spiro atoms. The summed E-state index contributed by atoms with van der Waals surface area (Å²) in [5, 5.41) is 6.69. The summed E-state index contributed by atoms with van der Waals surface area (Å²) in [6.07, 6.45) is 2.92. The Morgan fingerprint density at radius 2 is 1.69 bits per heavy atom. The lowest BCUT2D eigenvalue weighted by molar-refractivity contribution is -0.124. The molecule has 0 fully saturated rings. The summed E-state index contributed by atoms with van der Waals surface area (Å²) in [4.78, 5) is 27.4. The zero-order valence-electron chi connectivity index (χ0n) is 15.1. The van der Waals surface area contributed by atoms with E-state index in [1.54, 1.807) is 0 Å². The van der Waals surface area contributed by atoms with Crippen molar-refractivity contribution in [3.8, 4) is 0 Å². The molecule has 1 heterocycles. The Hall–Kier alpha value is -3.08. The van der Waals surface area contributed by atoms with Crippen LogP contribution in [0.4, 0.5) is 5.69 Å². The van der Waals surface area contributed by atoms with Crippen molar-refractivity contribution in [2.75, 3.05) is 11.9 Å². The summed E-state index contributed by atoms with van der Waals surface area (Å²) < 4.78 is 0. The Kier molecular flexibility index (Phi) is 5.37. The number of H-pyrrole nitrogens is 1. The van der Waals surface area contributed by atoms with Crippen LogP contribution in [0.3, 0.4) is 0 Å². The fourth-order valence-electron chi connectivity index (χ4n) is 3.05. The van der Waals surface area contributed by atoms with Crippen LogP contribution in [0.25, 0.3) is 10.9 Å². The maximum atomic E-state index is 12.1. The first-order chi connectivity index (χ1) is 12.5. The number of hydrogen-bond acceptors (Lipinski definition) is 2. The van der Waals surface area contributed by atoms with Crippen LogP contribution in [0.1, 0.15) is 23.1 Å². The molecule has 0 unspecified atom stereocenters. The third-order valence-corrected chi connectivity index (χ3v) is 4.49. The second kappa shape index (κ2) is 7.87. The monoisotopic (exact) mass is 349 g/mol. The second-order valence-electron chi connectivity index (χ2n) is 6.45. The quantitative estimate of drug-likeness (QED) is 0.637. The van der Waals surface area contributed by atoms with Crippen molar-refractivity contribution >= 4 is 28.4 Å². The molecule has 0 radical (unpaired) electrons. The van der Waals surface area contributed by atoms with Gasteiger partial charge in [-0.15, -0.1) is 0 Å². The summed E-state index contributed by atoms with van der Waals surface area (Å²) in [6.45, 7) is 3.87. The van der Waals surface area contributed by atoms with E-state index in [9.17, 15) is 9.59 Å². The van der Waals surface area contributed by atoms with E-state index >= 15 is 0 Å². The molecule has 0 atom stereocenters. The van der Waals surface area contributed by atoms with Gasteiger partial charge in [0.2, 0.25) is 11.8 Å². The van der Waals surface area contributed by atoms with E-state index in [0.29, 0.717) is 12.8 Å². The van der Waals surface area contributed by atoms with E-state index in [0.717, 1.165) is 33.3 Å². The van der Waals surface area contributed by atoms with E-state index in [2.05, 4.69) is 15.6 Å². The molecule has 5 heteroatoms. The highest BCUT2D eigenvalue weighted by Crippen LogP contribution is 2.20. The highest BCUT2D eigenvalue weighted by molar-refractivity contribution is 5.95. The van der Waals surface area contributed by atoms with Crippen molar-refractivity contribution in [3.63, 3.8) is 0 Å². The van der Waals surface area contributed by atoms with Crippen molar-refractivity contribution in [2.45, 2.75) is 26.7 Å². The van der Waals surface area contributed by atoms with Gasteiger partial charge in [-0.3, -0.25) is 9.59 Å². The molecule has 2 aromatic carbocycles. The highest BCUT2D eigenvalue weighted by Gasteiger charge is 2.10. The zero-order valence-corrected chi connectivity index (χ0v) is 15.1. The number of fused-ring (bicyclic) bond motifs is 1. The summed E-state index contributed by atoms with van der Waals surface area (Å²) in [6, 6.07) is 13.9. The number of aromatic nitrogens is 1. The number of nitrogens with one attached hydrogen (secondary N) is 3. The van der Waals surface area contributed by atoms with Gasteiger partial charge < -0.3 is 15.6 Å². The van der Waals surface area contributed by atoms with Crippen LogP contribution in [0, 0.1) is 13.8 Å². The number of amides is 2. The van der Waals surface area contributed by atoms with Crippen molar-refractivity contribution in [2.24, 2.45) is 0 Å². The summed E-state index contributed by atoms with van der Waals surface area (Å²) in [5.41, 5.74) is 4.99. The largest absolute Gasteiger partial charge is 0.361 e. The SMILES string of the molecule is Cc1cccc(C)c1NC(=O)CNC(=O)CCc1c[nH]c2ccccc12. The summed E-state index contributed by atoms with van der Waals surface area (Å²) >= 11 is 0. The first-order valence-corrected chi connectivity index (χ1v) is 8.72. The smallest absolute Gasteiger partial charge is 0.243 e. The van der Waals surface area contributed by atoms with Gasteiger partial charge in [0.15, 0.2) is 0 Å². The fourth-order valence-corrected chi connectivity index (χ4v) is 3.05. The van der Waals surface area contributed by atoms with Crippen LogP contribution < -0.4 is 10.6 Å². The molecule has 0 bridgehead atoms. The van der Waals surface area contributed by atoms with Crippen LogP contribution in [-0.4, -0.2) is 23.3 Å². The lowest BCUT2D eigenvalue weighted by Gasteiger charge is -2.12. The van der Waals surface area contributed by atoms with Gasteiger partial charge in [0.05, 0.1) is 6.54 Å². The molecule has 0 saturated carbocycles. The molecule has 26 heavy (non-hydrogen) atoms. The minimum absolute atomic E-state index is 0.0273. The molecule has 134 valence electrons. The van der Waals surface area contributed by atoms with Crippen molar-refractivity contribution in [1.29, 1.82) is 0 Å². The van der Waals surface area contributed by atoms with E-state index in [1.165, 1.54) is 0 Å². The third kappa shape index (κ3) is 4.11. The Morgan fingerprint density at radius 1 is 0.962 bits per heavy atom. The molecule has 0 aliphatic rings. The Morgan fingerprint density at radius 3 is 2.46 bits per heavy atom. The molecule has 0 aliphatic carbocycles. The Balaban J connectivity index is 1.49. The molecule has 3 aromatic rings. The summed E-state index contributed by atoms with van der Waals surface area (Å²) in [5.74, 6) is -0.352. The molecule has 3 N–H and O–H groups in total. The molecule has 3 rings (SSSR count). The van der Waals surface area contributed by atoms with Crippen LogP contribution in [0.15, 0.2) is 48.7 Å². The molecule has 2 amide bonds. The number of aromatic amines is 1. The van der Waals surface area contributed by atoms with Gasteiger partial charge in [-0.2, -0.15) is 0 Å². The first-order valence-electron chi connectivity index (χ1n) is 8.72. The van der Waals surface area contributed by atoms with Crippen molar-refractivity contribution in [3.05, 3.63) is 65.4 Å². The normalized spacial score (nSPS) is 10.7. The number of carbonyl (C=O) groups is 2. The molecular formula is C21H23N3O2. The minimum Gasteiger partial charge on any atom is -0.361 e. The zero-order chi connectivity index (χ0) is 18.5. The maximum Gasteiger partial charge on any atom is 0.243 e. The van der Waals surface area contributed by atoms with Crippen molar-refractivity contribution in [1.82, 2.24) is 10.3 Å². The summed E-state index contributed by atoms with van der Waals surface area (Å²) in [7, 11) is 0. The molecule has 0 aliphatic heterocycles. The average molecular weight is 349 g/mol. The fraction of sp³-hybridized carbons (Fsp3) is 0.238. The molecular weight excluding hydrogens is 326 g/mol. The predicted octanol–water partition coefficient (Wildman–Crippen LogP) is 3.47. The number of carbonyl (C=O) groups excluding carboxylic acids is 2. The topological polar surface area (TPSA) is 74.0 Å². The van der Waals surface area contributed by atoms with E-state index in [-0.39, 0.29) is 18.4 Å². The first kappa shape index (κ1) is 17.7. The number of rotatable bonds is 6. The van der Waals surface area contributed by atoms with Crippen LogP contribution >= 0.6 is 0 Å².